The van der Waals surface area contributed by atoms with E-state index in [0.717, 1.165) is 17.7 Å². The summed E-state index contributed by atoms with van der Waals surface area (Å²) in [6.45, 7) is 3.06. The summed E-state index contributed by atoms with van der Waals surface area (Å²) in [5.41, 5.74) is 1.32. The van der Waals surface area contributed by atoms with Gasteiger partial charge in [-0.25, -0.2) is 4.98 Å². The van der Waals surface area contributed by atoms with Crippen molar-refractivity contribution in [2.75, 3.05) is 13.2 Å². The maximum atomic E-state index is 11.5. The lowest BCUT2D eigenvalue weighted by Crippen LogP contribution is -2.08. The Bertz CT molecular complexity index is 664. The van der Waals surface area contributed by atoms with Crippen LogP contribution in [0, 0.1) is 6.92 Å². The lowest BCUT2D eigenvalue weighted by Gasteiger charge is -2.09. The largest absolute Gasteiger partial charge is 0.490 e. The fraction of sp³-hybridized carbons (Fsp3) is 0.286. The minimum atomic E-state index is -0.158. The molecule has 1 N–H and O–H groups in total. The summed E-state index contributed by atoms with van der Waals surface area (Å²) in [6, 6.07) is 7.08. The van der Waals surface area contributed by atoms with E-state index in [0.29, 0.717) is 30.5 Å². The summed E-state index contributed by atoms with van der Waals surface area (Å²) in [4.78, 5) is 18.4. The van der Waals surface area contributed by atoms with Crippen LogP contribution in [0.5, 0.6) is 11.5 Å². The van der Waals surface area contributed by atoms with Gasteiger partial charge >= 0.3 is 0 Å². The number of aryl methyl sites for hydroxylation is 1. The van der Waals surface area contributed by atoms with Crippen LogP contribution in [-0.2, 0) is 0 Å². The highest BCUT2D eigenvalue weighted by Crippen LogP contribution is 2.33. The van der Waals surface area contributed by atoms with Crippen molar-refractivity contribution in [2.45, 2.75) is 13.3 Å². The normalized spacial score (nSPS) is 13.9. The fourth-order valence-electron chi connectivity index (χ4n) is 2.05. The van der Waals surface area contributed by atoms with Crippen molar-refractivity contribution < 1.29 is 9.47 Å². The number of H-pyrrole nitrogens is 1. The third-order valence-electron chi connectivity index (χ3n) is 2.90. The fourth-order valence-corrected chi connectivity index (χ4v) is 2.05. The zero-order valence-electron chi connectivity index (χ0n) is 10.6. The molecule has 0 aliphatic carbocycles. The first-order valence-electron chi connectivity index (χ1n) is 6.20. The molecule has 1 aliphatic rings. The summed E-state index contributed by atoms with van der Waals surface area (Å²) in [6.07, 6.45) is 0.867. The molecule has 0 atom stereocenters. The lowest BCUT2D eigenvalue weighted by atomic mass is 10.1. The number of benzene rings is 1. The van der Waals surface area contributed by atoms with Crippen molar-refractivity contribution in [3.05, 3.63) is 40.4 Å². The third kappa shape index (κ3) is 2.45. The molecule has 0 fully saturated rings. The maximum absolute atomic E-state index is 11.5. The highest BCUT2D eigenvalue weighted by Gasteiger charge is 2.12. The second-order valence-electron chi connectivity index (χ2n) is 4.43. The van der Waals surface area contributed by atoms with Gasteiger partial charge in [0.15, 0.2) is 11.5 Å². The molecule has 5 nitrogen and oxygen atoms in total. The van der Waals surface area contributed by atoms with Gasteiger partial charge in [0.25, 0.3) is 5.56 Å². The number of nitrogens with one attached hydrogen (secondary N) is 1. The van der Waals surface area contributed by atoms with E-state index in [4.69, 9.17) is 9.47 Å². The molecule has 2 aromatic rings. The molecule has 0 bridgehead atoms. The van der Waals surface area contributed by atoms with Crippen molar-refractivity contribution >= 4 is 0 Å². The van der Waals surface area contributed by atoms with E-state index in [1.807, 2.05) is 18.2 Å². The van der Waals surface area contributed by atoms with Gasteiger partial charge in [-0.2, -0.15) is 0 Å². The van der Waals surface area contributed by atoms with Crippen LogP contribution in [0.15, 0.2) is 29.1 Å². The molecule has 98 valence electrons. The Hall–Kier alpha value is -2.30. The standard InChI is InChI=1S/C14H14N2O3/c1-9-15-11(8-14(17)16-9)10-3-4-12-13(7-10)19-6-2-5-18-12/h3-4,7-8H,2,5-6H2,1H3,(H,15,16,17). The van der Waals surface area contributed by atoms with E-state index < -0.39 is 0 Å². The first-order valence-corrected chi connectivity index (χ1v) is 6.20. The molecule has 0 amide bonds. The van der Waals surface area contributed by atoms with Crippen molar-refractivity contribution in [3.8, 4) is 22.8 Å². The van der Waals surface area contributed by atoms with Crippen molar-refractivity contribution in [3.63, 3.8) is 0 Å². The summed E-state index contributed by atoms with van der Waals surface area (Å²) >= 11 is 0. The SMILES string of the molecule is Cc1nc(-c2ccc3c(c2)OCCCO3)cc(=O)[nH]1. The quantitative estimate of drug-likeness (QED) is 0.848. The Balaban J connectivity index is 2.06. The Labute approximate surface area is 110 Å². The number of fused-ring (bicyclic) bond motifs is 1. The van der Waals surface area contributed by atoms with Crippen molar-refractivity contribution in [1.29, 1.82) is 0 Å². The summed E-state index contributed by atoms with van der Waals surface area (Å²) < 4.78 is 11.2. The zero-order valence-corrected chi connectivity index (χ0v) is 10.6. The number of aromatic nitrogens is 2. The van der Waals surface area contributed by atoms with Gasteiger partial charge in [0.1, 0.15) is 5.82 Å². The topological polar surface area (TPSA) is 64.2 Å². The van der Waals surface area contributed by atoms with Gasteiger partial charge < -0.3 is 14.5 Å². The number of nitrogens with zero attached hydrogens (tertiary/aromatic N) is 1. The zero-order chi connectivity index (χ0) is 13.2. The maximum Gasteiger partial charge on any atom is 0.251 e. The Morgan fingerprint density at radius 1 is 1.16 bits per heavy atom. The smallest absolute Gasteiger partial charge is 0.251 e. The minimum absolute atomic E-state index is 0.158. The molecular weight excluding hydrogens is 244 g/mol. The number of ether oxygens (including phenoxy) is 2. The Morgan fingerprint density at radius 2 is 1.95 bits per heavy atom. The van der Waals surface area contributed by atoms with Gasteiger partial charge in [-0.15, -0.1) is 0 Å². The highest BCUT2D eigenvalue weighted by molar-refractivity contribution is 5.63. The van der Waals surface area contributed by atoms with E-state index >= 15 is 0 Å². The third-order valence-corrected chi connectivity index (χ3v) is 2.90. The number of rotatable bonds is 1. The van der Waals surface area contributed by atoms with Crippen LogP contribution in [0.3, 0.4) is 0 Å². The summed E-state index contributed by atoms with van der Waals surface area (Å²) in [5.74, 6) is 2.03. The molecule has 3 rings (SSSR count). The second-order valence-corrected chi connectivity index (χ2v) is 4.43. The molecule has 1 aromatic heterocycles. The molecule has 2 heterocycles. The Kier molecular flexibility index (Phi) is 2.95. The molecule has 5 heteroatoms. The van der Waals surface area contributed by atoms with Gasteiger partial charge in [-0.3, -0.25) is 4.79 Å². The summed E-state index contributed by atoms with van der Waals surface area (Å²) in [5, 5.41) is 0. The molecule has 0 radical (unpaired) electrons. The number of hydrogen-bond donors (Lipinski definition) is 1. The van der Waals surface area contributed by atoms with Gasteiger partial charge in [0, 0.05) is 18.1 Å². The first-order chi connectivity index (χ1) is 9.22. The Morgan fingerprint density at radius 3 is 2.74 bits per heavy atom. The molecule has 0 saturated heterocycles. The molecule has 1 aromatic carbocycles. The molecule has 0 unspecified atom stereocenters. The number of aromatic amines is 1. The van der Waals surface area contributed by atoms with E-state index in [1.165, 1.54) is 6.07 Å². The molecule has 1 aliphatic heterocycles. The van der Waals surface area contributed by atoms with E-state index in [-0.39, 0.29) is 5.56 Å². The van der Waals surface area contributed by atoms with Gasteiger partial charge in [-0.05, 0) is 25.1 Å². The molecule has 0 spiro atoms. The van der Waals surface area contributed by atoms with Crippen LogP contribution in [0.25, 0.3) is 11.3 Å². The number of hydrogen-bond acceptors (Lipinski definition) is 4. The minimum Gasteiger partial charge on any atom is -0.490 e. The molecule has 0 saturated carbocycles. The van der Waals surface area contributed by atoms with E-state index in [2.05, 4.69) is 9.97 Å². The van der Waals surface area contributed by atoms with Gasteiger partial charge in [0.2, 0.25) is 0 Å². The monoisotopic (exact) mass is 258 g/mol. The van der Waals surface area contributed by atoms with Crippen LogP contribution in [0.1, 0.15) is 12.2 Å². The van der Waals surface area contributed by atoms with Crippen LogP contribution in [-0.4, -0.2) is 23.2 Å². The van der Waals surface area contributed by atoms with Gasteiger partial charge in [0.05, 0.1) is 18.9 Å². The van der Waals surface area contributed by atoms with E-state index in [1.54, 1.807) is 6.92 Å². The van der Waals surface area contributed by atoms with Crippen LogP contribution < -0.4 is 15.0 Å². The van der Waals surface area contributed by atoms with Crippen LogP contribution in [0.2, 0.25) is 0 Å². The second kappa shape index (κ2) is 4.76. The lowest BCUT2D eigenvalue weighted by molar-refractivity contribution is 0.297. The first kappa shape index (κ1) is 11.8. The average Bonchev–Trinajstić information content (AvgIpc) is 2.61. The predicted molar refractivity (Wildman–Crippen MR) is 70.6 cm³/mol. The van der Waals surface area contributed by atoms with Crippen LogP contribution in [0.4, 0.5) is 0 Å². The average molecular weight is 258 g/mol. The van der Waals surface area contributed by atoms with Crippen molar-refractivity contribution in [2.24, 2.45) is 0 Å². The summed E-state index contributed by atoms with van der Waals surface area (Å²) in [7, 11) is 0. The van der Waals surface area contributed by atoms with Crippen LogP contribution >= 0.6 is 0 Å². The molecular formula is C14H14N2O3. The van der Waals surface area contributed by atoms with Gasteiger partial charge in [-0.1, -0.05) is 0 Å². The predicted octanol–water partition coefficient (Wildman–Crippen LogP) is 1.91. The van der Waals surface area contributed by atoms with E-state index in [9.17, 15) is 4.79 Å². The molecule has 19 heavy (non-hydrogen) atoms. The highest BCUT2D eigenvalue weighted by atomic mass is 16.5. The van der Waals surface area contributed by atoms with Crippen molar-refractivity contribution in [1.82, 2.24) is 9.97 Å².